The number of carbonyl (C=O) groups is 2. The van der Waals surface area contributed by atoms with Gasteiger partial charge in [-0.15, -0.1) is 0 Å². The molecule has 0 saturated carbocycles. The minimum Gasteiger partial charge on any atom is -0.325 e. The van der Waals surface area contributed by atoms with Gasteiger partial charge in [0.25, 0.3) is 5.91 Å². The fourth-order valence-electron chi connectivity index (χ4n) is 3.26. The highest BCUT2D eigenvalue weighted by Gasteiger charge is 2.43. The number of hydrogen-bond donors (Lipinski definition) is 1. The first kappa shape index (κ1) is 19.4. The monoisotopic (exact) mass is 406 g/mol. The quantitative estimate of drug-likeness (QED) is 0.832. The third-order valence-electron chi connectivity index (χ3n) is 4.82. The van der Waals surface area contributed by atoms with Crippen LogP contribution in [0.2, 0.25) is 0 Å². The lowest BCUT2D eigenvalue weighted by Gasteiger charge is -2.27. The molecule has 2 aliphatic rings. The smallest absolute Gasteiger partial charge is 0.259 e. The molecule has 0 bridgehead atoms. The number of amides is 2. The molecule has 6 nitrogen and oxygen atoms in total. The Morgan fingerprint density at radius 2 is 1.76 bits per heavy atom. The van der Waals surface area contributed by atoms with Gasteiger partial charge in [-0.3, -0.25) is 14.6 Å². The van der Waals surface area contributed by atoms with Gasteiger partial charge in [0, 0.05) is 11.3 Å². The summed E-state index contributed by atoms with van der Waals surface area (Å²) in [7, 11) is 0. The minimum atomic E-state index is -0.439. The molecule has 2 aromatic carbocycles. The Kier molecular flexibility index (Phi) is 5.24. The Hall–Kier alpha value is -2.93. The molecular formula is C22H22N4O2S. The van der Waals surface area contributed by atoms with Crippen LogP contribution in [0.5, 0.6) is 0 Å². The van der Waals surface area contributed by atoms with E-state index in [0.717, 1.165) is 16.9 Å². The lowest BCUT2D eigenvalue weighted by Crippen LogP contribution is -2.43. The van der Waals surface area contributed by atoms with E-state index in [1.54, 1.807) is 4.90 Å². The Morgan fingerprint density at radius 1 is 1.07 bits per heavy atom. The highest BCUT2D eigenvalue weighted by molar-refractivity contribution is 8.15. The van der Waals surface area contributed by atoms with Crippen LogP contribution in [0.1, 0.15) is 26.3 Å². The van der Waals surface area contributed by atoms with Gasteiger partial charge in [-0.25, -0.2) is 9.89 Å². The van der Waals surface area contributed by atoms with Gasteiger partial charge < -0.3 is 5.32 Å². The minimum absolute atomic E-state index is 0.0813. The van der Waals surface area contributed by atoms with Crippen molar-refractivity contribution in [2.24, 2.45) is 15.9 Å². The van der Waals surface area contributed by atoms with E-state index in [9.17, 15) is 9.59 Å². The maximum atomic E-state index is 13.1. The standard InChI is InChI=1S/C22H22N4O2S/c1-13(2)18-21(28)26-19(25-18)16-11-7-8-12-17(16)24-22(26)29-14(3)20(27)23-15-9-5-4-6-10-15/h4-14,18H,1-3H3,(H,23,27)/t14-,18-/m1/s1. The average Bonchev–Trinajstić information content (AvgIpc) is 3.07. The number of thioether (sulfide) groups is 1. The average molecular weight is 407 g/mol. The first-order valence-corrected chi connectivity index (χ1v) is 10.5. The van der Waals surface area contributed by atoms with Gasteiger partial charge in [-0.2, -0.15) is 0 Å². The molecule has 0 spiro atoms. The predicted octanol–water partition coefficient (Wildman–Crippen LogP) is 4.06. The van der Waals surface area contributed by atoms with Crippen molar-refractivity contribution in [1.82, 2.24) is 4.90 Å². The van der Waals surface area contributed by atoms with Crippen LogP contribution >= 0.6 is 11.8 Å². The number of nitrogens with one attached hydrogen (secondary N) is 1. The third kappa shape index (κ3) is 3.70. The molecule has 0 aromatic heterocycles. The molecule has 0 radical (unpaired) electrons. The lowest BCUT2D eigenvalue weighted by atomic mass is 10.1. The molecule has 2 aliphatic heterocycles. The van der Waals surface area contributed by atoms with Crippen LogP contribution in [0.4, 0.5) is 11.4 Å². The van der Waals surface area contributed by atoms with Gasteiger partial charge in [0.15, 0.2) is 5.17 Å². The highest BCUT2D eigenvalue weighted by atomic mass is 32.2. The lowest BCUT2D eigenvalue weighted by molar-refractivity contribution is -0.125. The van der Waals surface area contributed by atoms with E-state index < -0.39 is 11.3 Å². The zero-order valence-corrected chi connectivity index (χ0v) is 17.3. The van der Waals surface area contributed by atoms with E-state index in [4.69, 9.17) is 4.99 Å². The molecule has 1 N–H and O–H groups in total. The van der Waals surface area contributed by atoms with Gasteiger partial charge in [0.05, 0.1) is 10.9 Å². The van der Waals surface area contributed by atoms with Crippen molar-refractivity contribution in [3.05, 3.63) is 60.2 Å². The van der Waals surface area contributed by atoms with Crippen LogP contribution in [0.15, 0.2) is 64.6 Å². The number of para-hydroxylation sites is 2. The summed E-state index contributed by atoms with van der Waals surface area (Å²) in [6.07, 6.45) is 0. The summed E-state index contributed by atoms with van der Waals surface area (Å²) in [4.78, 5) is 36.7. The van der Waals surface area contributed by atoms with Gasteiger partial charge >= 0.3 is 0 Å². The zero-order valence-electron chi connectivity index (χ0n) is 16.5. The van der Waals surface area contributed by atoms with E-state index in [2.05, 4.69) is 10.3 Å². The molecule has 148 valence electrons. The van der Waals surface area contributed by atoms with E-state index in [-0.39, 0.29) is 17.7 Å². The number of anilines is 1. The SMILES string of the molecule is CC(C)[C@H]1N=C2c3ccccc3N=C(S[C@H](C)C(=O)Nc3ccccc3)N2C1=O. The summed E-state index contributed by atoms with van der Waals surface area (Å²) in [5.41, 5.74) is 2.34. The van der Waals surface area contributed by atoms with Crippen LogP contribution in [-0.2, 0) is 9.59 Å². The largest absolute Gasteiger partial charge is 0.325 e. The summed E-state index contributed by atoms with van der Waals surface area (Å²) in [5.74, 6) is 0.468. The molecule has 0 unspecified atom stereocenters. The summed E-state index contributed by atoms with van der Waals surface area (Å²) in [6, 6.07) is 16.5. The third-order valence-corrected chi connectivity index (χ3v) is 5.88. The number of carbonyl (C=O) groups excluding carboxylic acids is 2. The number of benzene rings is 2. The van der Waals surface area contributed by atoms with Crippen molar-refractivity contribution in [1.29, 1.82) is 0 Å². The Balaban J connectivity index is 1.61. The Labute approximate surface area is 174 Å². The molecule has 2 aromatic rings. The van der Waals surface area contributed by atoms with Crippen molar-refractivity contribution >= 4 is 46.0 Å². The maximum Gasteiger partial charge on any atom is 0.259 e. The summed E-state index contributed by atoms with van der Waals surface area (Å²) < 4.78 is 0. The number of hydrogen-bond acceptors (Lipinski definition) is 5. The van der Waals surface area contributed by atoms with Crippen LogP contribution < -0.4 is 5.32 Å². The normalized spacial score (nSPS) is 18.7. The van der Waals surface area contributed by atoms with Crippen LogP contribution in [0.25, 0.3) is 0 Å². The topological polar surface area (TPSA) is 74.1 Å². The van der Waals surface area contributed by atoms with Crippen molar-refractivity contribution in [2.75, 3.05) is 5.32 Å². The van der Waals surface area contributed by atoms with Crippen molar-refractivity contribution in [3.63, 3.8) is 0 Å². The van der Waals surface area contributed by atoms with Crippen LogP contribution in [0, 0.1) is 5.92 Å². The van der Waals surface area contributed by atoms with Gasteiger partial charge in [-0.05, 0) is 37.1 Å². The van der Waals surface area contributed by atoms with Crippen molar-refractivity contribution in [2.45, 2.75) is 32.1 Å². The second kappa shape index (κ2) is 7.83. The molecule has 2 heterocycles. The Bertz CT molecular complexity index is 1020. The molecule has 29 heavy (non-hydrogen) atoms. The first-order valence-electron chi connectivity index (χ1n) is 9.58. The number of amidine groups is 2. The summed E-state index contributed by atoms with van der Waals surface area (Å²) in [5, 5.41) is 2.95. The van der Waals surface area contributed by atoms with E-state index >= 15 is 0 Å². The zero-order chi connectivity index (χ0) is 20.5. The molecule has 0 aliphatic carbocycles. The second-order valence-corrected chi connectivity index (χ2v) is 8.65. The fraction of sp³-hybridized carbons (Fsp3) is 0.273. The molecule has 2 atom stereocenters. The van der Waals surface area contributed by atoms with Crippen LogP contribution in [0.3, 0.4) is 0 Å². The van der Waals surface area contributed by atoms with E-state index in [1.165, 1.54) is 11.8 Å². The fourth-order valence-corrected chi connectivity index (χ4v) is 4.17. The molecule has 0 saturated heterocycles. The van der Waals surface area contributed by atoms with E-state index in [0.29, 0.717) is 11.0 Å². The number of rotatable bonds is 4. The predicted molar refractivity (Wildman–Crippen MR) is 118 cm³/mol. The van der Waals surface area contributed by atoms with Gasteiger partial charge in [0.2, 0.25) is 5.91 Å². The number of fused-ring (bicyclic) bond motifs is 3. The first-order chi connectivity index (χ1) is 14.0. The summed E-state index contributed by atoms with van der Waals surface area (Å²) in [6.45, 7) is 5.77. The second-order valence-electron chi connectivity index (χ2n) is 7.34. The van der Waals surface area contributed by atoms with Crippen LogP contribution in [-0.4, -0.2) is 39.0 Å². The highest BCUT2D eigenvalue weighted by Crippen LogP contribution is 2.35. The molecule has 0 fully saturated rings. The molecule has 2 amide bonds. The molecule has 4 rings (SSSR count). The van der Waals surface area contributed by atoms with Crippen molar-refractivity contribution < 1.29 is 9.59 Å². The maximum absolute atomic E-state index is 13.1. The van der Waals surface area contributed by atoms with E-state index in [1.807, 2.05) is 75.4 Å². The van der Waals surface area contributed by atoms with Gasteiger partial charge in [-0.1, -0.05) is 55.9 Å². The number of nitrogens with zero attached hydrogens (tertiary/aromatic N) is 3. The number of aliphatic imine (C=N–C) groups is 2. The molecule has 7 heteroatoms. The summed E-state index contributed by atoms with van der Waals surface area (Å²) >= 11 is 1.27. The van der Waals surface area contributed by atoms with Crippen molar-refractivity contribution in [3.8, 4) is 0 Å². The molecular weight excluding hydrogens is 384 g/mol. The Morgan fingerprint density at radius 3 is 2.48 bits per heavy atom. The van der Waals surface area contributed by atoms with Gasteiger partial charge in [0.1, 0.15) is 11.9 Å².